The van der Waals surface area contributed by atoms with Gasteiger partial charge in [-0.3, -0.25) is 5.10 Å². The summed E-state index contributed by atoms with van der Waals surface area (Å²) in [5, 5.41) is 23.3. The number of nitrogens with zero attached hydrogens (tertiary/aromatic N) is 2. The van der Waals surface area contributed by atoms with E-state index in [9.17, 15) is 13.2 Å². The minimum Gasteiger partial charge on any atom is -0.478 e. The molecule has 21 heavy (non-hydrogen) atoms. The Hall–Kier alpha value is -1.45. The van der Waals surface area contributed by atoms with E-state index in [2.05, 4.69) is 10.2 Å². The maximum Gasteiger partial charge on any atom is 0.340 e. The summed E-state index contributed by atoms with van der Waals surface area (Å²) < 4.78 is 26.0. The first-order valence-electron chi connectivity index (χ1n) is 6.82. The number of aromatic nitrogens is 2. The van der Waals surface area contributed by atoms with Crippen LogP contribution in [-0.2, 0) is 10.0 Å². The monoisotopic (exact) mass is 319 g/mol. The van der Waals surface area contributed by atoms with Gasteiger partial charge in [-0.2, -0.15) is 9.40 Å². The number of hydrogen-bond donors (Lipinski definition) is 3. The van der Waals surface area contributed by atoms with E-state index in [0.29, 0.717) is 6.42 Å². The van der Waals surface area contributed by atoms with E-state index in [4.69, 9.17) is 10.2 Å². The Labute approximate surface area is 123 Å². The molecule has 0 amide bonds. The lowest BCUT2D eigenvalue weighted by atomic mass is 10.2. The number of rotatable bonds is 10. The smallest absolute Gasteiger partial charge is 0.340 e. The molecule has 0 atom stereocenters. The SMILES string of the molecule is CCCCCCN(CCO)S(=O)(=O)c1[nH]ncc1C(=O)O. The largest absolute Gasteiger partial charge is 0.478 e. The summed E-state index contributed by atoms with van der Waals surface area (Å²) in [7, 11) is -4.01. The van der Waals surface area contributed by atoms with Gasteiger partial charge in [0.05, 0.1) is 12.8 Å². The lowest BCUT2D eigenvalue weighted by Gasteiger charge is -2.20. The molecule has 0 saturated carbocycles. The zero-order chi connectivity index (χ0) is 15.9. The molecule has 8 nitrogen and oxygen atoms in total. The van der Waals surface area contributed by atoms with Crippen molar-refractivity contribution in [3.63, 3.8) is 0 Å². The van der Waals surface area contributed by atoms with Crippen LogP contribution in [0, 0.1) is 0 Å². The van der Waals surface area contributed by atoms with E-state index >= 15 is 0 Å². The number of sulfonamides is 1. The van der Waals surface area contributed by atoms with E-state index in [0.717, 1.165) is 29.8 Å². The summed E-state index contributed by atoms with van der Waals surface area (Å²) in [6, 6.07) is 0. The summed E-state index contributed by atoms with van der Waals surface area (Å²) >= 11 is 0. The lowest BCUT2D eigenvalue weighted by molar-refractivity contribution is 0.0692. The number of aromatic amines is 1. The highest BCUT2D eigenvalue weighted by atomic mass is 32.2. The molecule has 1 aromatic heterocycles. The fourth-order valence-corrected chi connectivity index (χ4v) is 3.47. The van der Waals surface area contributed by atoms with Crippen LogP contribution in [0.4, 0.5) is 0 Å². The second-order valence-electron chi connectivity index (χ2n) is 4.61. The van der Waals surface area contributed by atoms with Gasteiger partial charge in [-0.15, -0.1) is 0 Å². The van der Waals surface area contributed by atoms with Gasteiger partial charge in [0.15, 0.2) is 5.03 Å². The third-order valence-corrected chi connectivity index (χ3v) is 4.92. The predicted octanol–water partition coefficient (Wildman–Crippen LogP) is 0.671. The van der Waals surface area contributed by atoms with Crippen LogP contribution in [0.2, 0.25) is 0 Å². The van der Waals surface area contributed by atoms with Crippen LogP contribution in [0.15, 0.2) is 11.2 Å². The number of aromatic carboxylic acids is 1. The number of carboxylic acids is 1. The van der Waals surface area contributed by atoms with Crippen molar-refractivity contribution in [2.75, 3.05) is 19.7 Å². The fraction of sp³-hybridized carbons (Fsp3) is 0.667. The molecule has 120 valence electrons. The van der Waals surface area contributed by atoms with Crippen LogP contribution in [-0.4, -0.2) is 58.8 Å². The molecule has 0 aliphatic rings. The van der Waals surface area contributed by atoms with E-state index in [-0.39, 0.29) is 19.7 Å². The van der Waals surface area contributed by atoms with Gasteiger partial charge in [-0.1, -0.05) is 26.2 Å². The Balaban J connectivity index is 2.93. The first-order valence-corrected chi connectivity index (χ1v) is 8.26. The molecule has 0 fully saturated rings. The van der Waals surface area contributed by atoms with Crippen molar-refractivity contribution in [2.45, 2.75) is 37.6 Å². The highest BCUT2D eigenvalue weighted by Gasteiger charge is 2.30. The van der Waals surface area contributed by atoms with Gasteiger partial charge < -0.3 is 10.2 Å². The third kappa shape index (κ3) is 4.51. The maximum atomic E-state index is 12.5. The molecule has 9 heteroatoms. The molecule has 3 N–H and O–H groups in total. The summed E-state index contributed by atoms with van der Waals surface area (Å²) in [6.45, 7) is 1.88. The molecule has 0 aliphatic carbocycles. The van der Waals surface area contributed by atoms with Gasteiger partial charge in [0.2, 0.25) is 0 Å². The van der Waals surface area contributed by atoms with E-state index in [1.54, 1.807) is 0 Å². The van der Waals surface area contributed by atoms with Crippen molar-refractivity contribution in [1.29, 1.82) is 0 Å². The molecule has 0 aromatic carbocycles. The first kappa shape index (κ1) is 17.6. The van der Waals surface area contributed by atoms with Crippen LogP contribution in [0.3, 0.4) is 0 Å². The molecule has 1 aromatic rings. The minimum atomic E-state index is -4.01. The number of aliphatic hydroxyl groups excluding tert-OH is 1. The lowest BCUT2D eigenvalue weighted by Crippen LogP contribution is -2.35. The molecular formula is C12H21N3O5S. The zero-order valence-electron chi connectivity index (χ0n) is 11.9. The Bertz CT molecular complexity index is 555. The van der Waals surface area contributed by atoms with Crippen LogP contribution in [0.25, 0.3) is 0 Å². The molecule has 1 rings (SSSR count). The standard InChI is InChI=1S/C12H21N3O5S/c1-2-3-4-5-6-15(7-8-16)21(19,20)11-10(12(17)18)9-13-14-11/h9,16H,2-8H2,1H3,(H,13,14)(H,17,18). The average molecular weight is 319 g/mol. The Morgan fingerprint density at radius 1 is 1.33 bits per heavy atom. The number of carboxylic acid groups (broad SMARTS) is 1. The molecule has 0 radical (unpaired) electrons. The number of H-pyrrole nitrogens is 1. The van der Waals surface area contributed by atoms with Gasteiger partial charge in [0, 0.05) is 13.1 Å². The van der Waals surface area contributed by atoms with Crippen LogP contribution in [0.5, 0.6) is 0 Å². The van der Waals surface area contributed by atoms with Gasteiger partial charge in [0.1, 0.15) is 5.56 Å². The second-order valence-corrected chi connectivity index (χ2v) is 6.48. The van der Waals surface area contributed by atoms with E-state index < -0.39 is 26.6 Å². The first-order chi connectivity index (χ1) is 9.95. The molecule has 0 aliphatic heterocycles. The predicted molar refractivity (Wildman–Crippen MR) is 75.5 cm³/mol. The van der Waals surface area contributed by atoms with E-state index in [1.807, 2.05) is 6.92 Å². The summed E-state index contributed by atoms with van der Waals surface area (Å²) in [5.41, 5.74) is -0.397. The third-order valence-electron chi connectivity index (χ3n) is 3.04. The summed E-state index contributed by atoms with van der Waals surface area (Å²) in [4.78, 5) is 11.0. The Kier molecular flexibility index (Phi) is 6.79. The van der Waals surface area contributed by atoms with Gasteiger partial charge in [0.25, 0.3) is 10.0 Å². The number of aliphatic hydroxyl groups is 1. The molecule has 0 unspecified atom stereocenters. The van der Waals surface area contributed by atoms with Crippen molar-refractivity contribution >= 4 is 16.0 Å². The topological polar surface area (TPSA) is 124 Å². The van der Waals surface area contributed by atoms with Crippen LogP contribution in [0.1, 0.15) is 43.0 Å². The summed E-state index contributed by atoms with van der Waals surface area (Å²) in [6.07, 6.45) is 4.52. The molecule has 0 bridgehead atoms. The van der Waals surface area contributed by atoms with Crippen molar-refractivity contribution in [1.82, 2.24) is 14.5 Å². The fourth-order valence-electron chi connectivity index (χ4n) is 1.93. The number of unbranched alkanes of at least 4 members (excludes halogenated alkanes) is 3. The van der Waals surface area contributed by atoms with Gasteiger partial charge in [-0.25, -0.2) is 13.2 Å². The highest BCUT2D eigenvalue weighted by molar-refractivity contribution is 7.89. The van der Waals surface area contributed by atoms with Crippen molar-refractivity contribution in [3.8, 4) is 0 Å². The quantitative estimate of drug-likeness (QED) is 0.545. The second kappa shape index (κ2) is 8.11. The van der Waals surface area contributed by atoms with Crippen LogP contribution < -0.4 is 0 Å². The minimum absolute atomic E-state index is 0.0768. The van der Waals surface area contributed by atoms with Crippen molar-refractivity contribution in [3.05, 3.63) is 11.8 Å². The van der Waals surface area contributed by atoms with Crippen molar-refractivity contribution in [2.24, 2.45) is 0 Å². The summed E-state index contributed by atoms with van der Waals surface area (Å²) in [5.74, 6) is -1.36. The van der Waals surface area contributed by atoms with Gasteiger partial charge >= 0.3 is 5.97 Å². The molecule has 1 heterocycles. The van der Waals surface area contributed by atoms with Crippen molar-refractivity contribution < 1.29 is 23.4 Å². The van der Waals surface area contributed by atoms with Crippen LogP contribution >= 0.6 is 0 Å². The molecule has 0 spiro atoms. The number of carbonyl (C=O) groups is 1. The number of nitrogens with one attached hydrogen (secondary N) is 1. The molecular weight excluding hydrogens is 298 g/mol. The zero-order valence-corrected chi connectivity index (χ0v) is 12.8. The normalized spacial score (nSPS) is 12.0. The highest BCUT2D eigenvalue weighted by Crippen LogP contribution is 2.18. The Morgan fingerprint density at radius 3 is 2.62 bits per heavy atom. The maximum absolute atomic E-state index is 12.5. The van der Waals surface area contributed by atoms with Gasteiger partial charge in [-0.05, 0) is 6.42 Å². The number of hydrogen-bond acceptors (Lipinski definition) is 5. The molecule has 0 saturated heterocycles. The average Bonchev–Trinajstić information content (AvgIpc) is 2.92. The van der Waals surface area contributed by atoms with E-state index in [1.165, 1.54) is 0 Å². The Morgan fingerprint density at radius 2 is 2.05 bits per heavy atom.